The predicted molar refractivity (Wildman–Crippen MR) is 265 cm³/mol. The number of aliphatic hydroxyl groups is 2. The van der Waals surface area contributed by atoms with Gasteiger partial charge in [0.15, 0.2) is 22.3 Å². The van der Waals surface area contributed by atoms with Gasteiger partial charge in [-0.3, -0.25) is 65.2 Å². The van der Waals surface area contributed by atoms with Gasteiger partial charge < -0.3 is 99.4 Å². The molecule has 0 spiro atoms. The number of nitrogen functional groups attached to an aromatic ring is 2. The van der Waals surface area contributed by atoms with Gasteiger partial charge >= 0.3 is 0 Å². The maximum absolute atomic E-state index is 12.0. The molecular weight excluding hydrogens is 1320 g/mol. The van der Waals surface area contributed by atoms with E-state index < -0.39 is 137 Å². The van der Waals surface area contributed by atoms with E-state index in [4.69, 9.17) is 26.7 Å². The van der Waals surface area contributed by atoms with Crippen LogP contribution in [-0.2, 0) is 90.0 Å². The molecule has 2 aliphatic heterocycles. The van der Waals surface area contributed by atoms with Crippen LogP contribution in [0, 0.1) is 0 Å². The molecule has 10 unspecified atom stereocenters. The smallest absolute Gasteiger partial charge is 0.280 e. The van der Waals surface area contributed by atoms with Crippen LogP contribution in [0.5, 0.6) is 0 Å². The molecule has 2 fully saturated rings. The molecule has 11 N–H and O–H groups in total. The molecule has 14 atom stereocenters. The van der Waals surface area contributed by atoms with Gasteiger partial charge in [0.25, 0.3) is 73.7 Å². The molecule has 0 saturated carbocycles. The Labute approximate surface area is 477 Å². The largest absolute Gasteiger partial charge is 0.756 e. The van der Waals surface area contributed by atoms with E-state index in [0.29, 0.717) is 32.2 Å². The lowest BCUT2D eigenvalue weighted by molar-refractivity contribution is -0.260. The van der Waals surface area contributed by atoms with Crippen molar-refractivity contribution in [2.75, 3.05) is 58.0 Å². The van der Waals surface area contributed by atoms with Crippen LogP contribution in [0.25, 0.3) is 22.3 Å². The Bertz CT molecular complexity index is 3420. The minimum Gasteiger partial charge on any atom is -0.756 e. The molecule has 0 radical (unpaired) electrons. The second-order valence-corrected chi connectivity index (χ2v) is 29.6. The fourth-order valence-corrected chi connectivity index (χ4v) is 16.9. The van der Waals surface area contributed by atoms with Crippen molar-refractivity contribution < 1.29 is 139 Å². The van der Waals surface area contributed by atoms with E-state index in [9.17, 15) is 95.5 Å². The van der Waals surface area contributed by atoms with Crippen molar-refractivity contribution in [3.8, 4) is 0 Å². The van der Waals surface area contributed by atoms with Gasteiger partial charge in [-0.05, 0) is 45.8 Å². The number of ether oxygens (including phenoxy) is 2. The zero-order valence-corrected chi connectivity index (χ0v) is 50.7. The number of aromatic amines is 2. The summed E-state index contributed by atoms with van der Waals surface area (Å²) < 4.78 is 147. The van der Waals surface area contributed by atoms with Crippen LogP contribution in [0.4, 0.5) is 11.9 Å². The highest BCUT2D eigenvalue weighted by Crippen LogP contribution is 2.68. The van der Waals surface area contributed by atoms with E-state index in [1.807, 2.05) is 0 Å². The molecular formula is C33H54N12O32P8-8. The van der Waals surface area contributed by atoms with Crippen molar-refractivity contribution in [3.05, 3.63) is 33.4 Å². The summed E-state index contributed by atoms with van der Waals surface area (Å²) >= 11 is 0. The van der Waals surface area contributed by atoms with E-state index in [1.165, 1.54) is 9.13 Å². The number of imidazole rings is 2. The van der Waals surface area contributed by atoms with Crippen molar-refractivity contribution in [3.63, 3.8) is 0 Å². The average Bonchev–Trinajstić information content (AvgIpc) is 2.15. The summed E-state index contributed by atoms with van der Waals surface area (Å²) in [6.45, 7) is -1.91. The summed E-state index contributed by atoms with van der Waals surface area (Å²) in [5, 5.41) is 23.4. The number of unbranched alkanes of at least 4 members (excludes halogenated alkanes) is 6. The van der Waals surface area contributed by atoms with E-state index >= 15 is 0 Å². The number of phosphoric ester groups is 4. The third-order valence-electron chi connectivity index (χ3n) is 10.8. The summed E-state index contributed by atoms with van der Waals surface area (Å²) in [7, 11) is -46.7. The number of hydrogen-bond donors (Lipinski definition) is 8. The van der Waals surface area contributed by atoms with Gasteiger partial charge in [-0.1, -0.05) is 25.7 Å². The molecule has 486 valence electrons. The molecule has 0 aliphatic carbocycles. The number of fused-ring (bicyclic) bond motifs is 2. The molecule has 44 nitrogen and oxygen atoms in total. The SMILES string of the molecule is CNCCCCCCOP(=O)([O-])OP(=O)([O-])OP(=O)([O-])OP(=O)([O-])OC[C@H]1O[C@@H](n2cnc3c(=O)[nH]c(N)nc32)CC1O.NCCCCCCOP(=O)([O-])OP(=O)([O-])OP(=O)([O-])OP(=O)([O-])OC[C@H]1O[C@@H](n2cnc3c(=O)[nH]c(N)nc32)CC1O. The molecule has 6 heterocycles. The number of nitrogens with two attached hydrogens (primary N) is 3. The fraction of sp³-hybridized carbons (Fsp3) is 0.697. The van der Waals surface area contributed by atoms with Crippen molar-refractivity contribution >= 4 is 96.8 Å². The predicted octanol–water partition coefficient (Wildman–Crippen LogP) is -4.09. The van der Waals surface area contributed by atoms with Crippen LogP contribution >= 0.6 is 62.6 Å². The van der Waals surface area contributed by atoms with E-state index in [0.717, 1.165) is 32.0 Å². The first-order valence-electron chi connectivity index (χ1n) is 24.2. The summed E-state index contributed by atoms with van der Waals surface area (Å²) in [6.07, 6.45) is -1.58. The Morgan fingerprint density at radius 2 is 0.882 bits per heavy atom. The third kappa shape index (κ3) is 23.8. The van der Waals surface area contributed by atoms with Gasteiger partial charge in [0.05, 0.1) is 51.3 Å². The summed E-state index contributed by atoms with van der Waals surface area (Å²) in [6, 6.07) is 0. The van der Waals surface area contributed by atoms with Crippen molar-refractivity contribution in [2.24, 2.45) is 5.73 Å². The second kappa shape index (κ2) is 30.8. The molecule has 2 saturated heterocycles. The monoisotopic (exact) mass is 1380 g/mol. The topological polar surface area (TPSA) is 689 Å². The van der Waals surface area contributed by atoms with Crippen molar-refractivity contribution in [2.45, 2.75) is 101 Å². The van der Waals surface area contributed by atoms with Crippen LogP contribution in [0.2, 0.25) is 0 Å². The number of anilines is 2. The number of aliphatic hydroxyl groups excluding tert-OH is 2. The van der Waals surface area contributed by atoms with Gasteiger partial charge in [-0.2, -0.15) is 9.97 Å². The number of nitrogens with zero attached hydrogens (tertiary/aromatic N) is 6. The van der Waals surface area contributed by atoms with Crippen LogP contribution in [0.3, 0.4) is 0 Å². The first-order valence-corrected chi connectivity index (χ1v) is 35.8. The lowest BCUT2D eigenvalue weighted by Gasteiger charge is -2.36. The average molecular weight is 1380 g/mol. The highest BCUT2D eigenvalue weighted by molar-refractivity contribution is 7.69. The fourth-order valence-electron chi connectivity index (χ4n) is 7.31. The molecule has 4 aromatic heterocycles. The van der Waals surface area contributed by atoms with Crippen LogP contribution in [-0.4, -0.2) is 120 Å². The van der Waals surface area contributed by atoms with Gasteiger partial charge in [-0.15, -0.1) is 0 Å². The summed E-state index contributed by atoms with van der Waals surface area (Å²) in [5.74, 6) is -0.481. The van der Waals surface area contributed by atoms with Gasteiger partial charge in [0.1, 0.15) is 24.7 Å². The quantitative estimate of drug-likeness (QED) is 0.0160. The van der Waals surface area contributed by atoms with Gasteiger partial charge in [0.2, 0.25) is 11.9 Å². The molecule has 6 rings (SSSR count). The van der Waals surface area contributed by atoms with Crippen molar-refractivity contribution in [1.29, 1.82) is 0 Å². The highest BCUT2D eigenvalue weighted by atomic mass is 31.3. The number of hydrogen-bond acceptors (Lipinski definition) is 40. The van der Waals surface area contributed by atoms with Gasteiger partial charge in [0, 0.05) is 12.8 Å². The Balaban J connectivity index is 0.000000311. The Morgan fingerprint density at radius 3 is 1.24 bits per heavy atom. The van der Waals surface area contributed by atoms with Crippen LogP contribution in [0.1, 0.15) is 76.7 Å². The second-order valence-electron chi connectivity index (χ2n) is 17.5. The molecule has 85 heavy (non-hydrogen) atoms. The summed E-state index contributed by atoms with van der Waals surface area (Å²) in [4.78, 5) is 139. The molecule has 52 heteroatoms. The minimum absolute atomic E-state index is 0.0141. The number of phosphoric acid groups is 8. The molecule has 0 bridgehead atoms. The maximum atomic E-state index is 12.0. The normalized spacial score (nSPS) is 24.9. The maximum Gasteiger partial charge on any atom is 0.280 e. The first kappa shape index (κ1) is 72.9. The lowest BCUT2D eigenvalue weighted by atomic mass is 10.2. The standard InChI is InChI=1S/C17H32N6O16P4.C16H30N6O16P4/c1-19-6-4-2-3-5-7-34-40(26,27)37-42(30,31)39-43(32,33)38-41(28,29)35-9-12-11(24)8-13(36-12)23-10-20-14-15(23)21-17(18)22-16(14)25;17-5-3-1-2-4-6-33-39(25,26)36-41(29,30)38-42(31,32)37-40(27,28)34-8-11-10(23)7-12(35-11)22-9-19-13-14(22)20-16(18)21-15(13)24/h10-13,19,24H,2-9H2,1H3,(H,26,27)(H,28,29)(H,30,31)(H,32,33)(H3,18,21,22,25);9-12,23H,1-8,17H2,(H,25,26)(H,27,28)(H,29,30)(H,31,32)(H3,18,20,21,24)/p-8/t11?,12-,13-;10?,11-,12-/m11/s1. The third-order valence-corrected chi connectivity index (χ3v) is 22.4. The first-order chi connectivity index (χ1) is 39.3. The molecule has 4 aromatic rings. The van der Waals surface area contributed by atoms with Crippen molar-refractivity contribution in [1.82, 2.24) is 44.4 Å². The number of H-pyrrole nitrogens is 2. The number of rotatable bonds is 35. The summed E-state index contributed by atoms with van der Waals surface area (Å²) in [5.41, 5.74) is 14.8. The highest BCUT2D eigenvalue weighted by Gasteiger charge is 2.40. The number of aromatic nitrogens is 8. The molecule has 2 aliphatic rings. The Morgan fingerprint density at radius 1 is 0.553 bits per heavy atom. The Kier molecular flexibility index (Phi) is 26.4. The zero-order chi connectivity index (χ0) is 63.4. The minimum atomic E-state index is -6.38. The lowest BCUT2D eigenvalue weighted by Crippen LogP contribution is -2.27. The number of nitrogens with one attached hydrogen (secondary N) is 3. The van der Waals surface area contributed by atoms with E-state index in [2.05, 4.69) is 79.2 Å². The zero-order valence-electron chi connectivity index (χ0n) is 43.6. The Hall–Kier alpha value is -2.82. The van der Waals surface area contributed by atoms with E-state index in [-0.39, 0.29) is 59.9 Å². The van der Waals surface area contributed by atoms with Crippen LogP contribution < -0.4 is 72.8 Å². The molecule has 0 aromatic carbocycles. The van der Waals surface area contributed by atoms with E-state index in [1.54, 1.807) is 7.05 Å². The molecule has 0 amide bonds. The van der Waals surface area contributed by atoms with Gasteiger partial charge in [-0.25, -0.2) is 35.8 Å². The van der Waals surface area contributed by atoms with Crippen LogP contribution in [0.15, 0.2) is 22.2 Å².